The Balaban J connectivity index is 2.07. The standard InChI is InChI=1S/C14H16Cl2N2/c15-8-7-13-17-12-6-2-5-11(16)14(12)18(13)9-10-3-1-4-10/h2,5-6,10H,1,3-4,7-9H2. The van der Waals surface area contributed by atoms with Crippen LogP contribution >= 0.6 is 23.2 Å². The summed E-state index contributed by atoms with van der Waals surface area (Å²) < 4.78 is 2.28. The monoisotopic (exact) mass is 282 g/mol. The van der Waals surface area contributed by atoms with E-state index in [0.717, 1.165) is 40.8 Å². The van der Waals surface area contributed by atoms with E-state index >= 15 is 0 Å². The van der Waals surface area contributed by atoms with E-state index < -0.39 is 0 Å². The molecule has 0 saturated heterocycles. The molecule has 1 aliphatic carbocycles. The quantitative estimate of drug-likeness (QED) is 0.766. The molecule has 1 saturated carbocycles. The molecule has 1 aliphatic rings. The Bertz CT molecular complexity index is 558. The van der Waals surface area contributed by atoms with E-state index in [2.05, 4.69) is 9.55 Å². The zero-order valence-electron chi connectivity index (χ0n) is 10.2. The minimum absolute atomic E-state index is 0.603. The molecule has 0 unspecified atom stereocenters. The highest BCUT2D eigenvalue weighted by Gasteiger charge is 2.21. The van der Waals surface area contributed by atoms with Crippen molar-refractivity contribution in [1.82, 2.24) is 9.55 Å². The number of fused-ring (bicyclic) bond motifs is 1. The topological polar surface area (TPSA) is 17.8 Å². The maximum atomic E-state index is 6.33. The Morgan fingerprint density at radius 3 is 2.83 bits per heavy atom. The molecule has 18 heavy (non-hydrogen) atoms. The summed E-state index contributed by atoms with van der Waals surface area (Å²) in [6, 6.07) is 5.92. The molecule has 0 bridgehead atoms. The van der Waals surface area contributed by atoms with Crippen molar-refractivity contribution in [3.63, 3.8) is 0 Å². The molecule has 0 spiro atoms. The maximum Gasteiger partial charge on any atom is 0.111 e. The number of hydrogen-bond donors (Lipinski definition) is 0. The van der Waals surface area contributed by atoms with Crippen LogP contribution in [0.5, 0.6) is 0 Å². The highest BCUT2D eigenvalue weighted by Crippen LogP contribution is 2.32. The van der Waals surface area contributed by atoms with E-state index in [0.29, 0.717) is 5.88 Å². The molecular formula is C14H16Cl2N2. The lowest BCUT2D eigenvalue weighted by atomic mass is 9.85. The van der Waals surface area contributed by atoms with Crippen molar-refractivity contribution in [3.8, 4) is 0 Å². The van der Waals surface area contributed by atoms with Crippen LogP contribution in [-0.2, 0) is 13.0 Å². The summed E-state index contributed by atoms with van der Waals surface area (Å²) in [6.45, 7) is 1.03. The Morgan fingerprint density at radius 2 is 2.17 bits per heavy atom. The van der Waals surface area contributed by atoms with Gasteiger partial charge in [-0.1, -0.05) is 24.1 Å². The Hall–Kier alpha value is -0.730. The summed E-state index contributed by atoms with van der Waals surface area (Å²) >= 11 is 12.2. The fraction of sp³-hybridized carbons (Fsp3) is 0.500. The van der Waals surface area contributed by atoms with Crippen LogP contribution in [0.4, 0.5) is 0 Å². The molecule has 96 valence electrons. The summed E-state index contributed by atoms with van der Waals surface area (Å²) in [7, 11) is 0. The number of halogens is 2. The molecule has 1 aromatic heterocycles. The second-order valence-electron chi connectivity index (χ2n) is 4.98. The summed E-state index contributed by atoms with van der Waals surface area (Å²) in [5.41, 5.74) is 2.06. The van der Waals surface area contributed by atoms with Gasteiger partial charge in [0.15, 0.2) is 0 Å². The predicted octanol–water partition coefficient (Wildman–Crippen LogP) is 4.27. The summed E-state index contributed by atoms with van der Waals surface area (Å²) in [5, 5.41) is 0.792. The molecule has 3 rings (SSSR count). The van der Waals surface area contributed by atoms with E-state index in [4.69, 9.17) is 23.2 Å². The first-order valence-corrected chi connectivity index (χ1v) is 7.40. The Kier molecular flexibility index (Phi) is 3.49. The van der Waals surface area contributed by atoms with Crippen LogP contribution in [-0.4, -0.2) is 15.4 Å². The molecule has 4 heteroatoms. The SMILES string of the molecule is ClCCc1nc2cccc(Cl)c2n1CC1CCC1. The van der Waals surface area contributed by atoms with Crippen LogP contribution in [0, 0.1) is 5.92 Å². The Labute approximate surface area is 117 Å². The van der Waals surface area contributed by atoms with E-state index in [1.807, 2.05) is 18.2 Å². The highest BCUT2D eigenvalue weighted by atomic mass is 35.5. The molecule has 0 atom stereocenters. The summed E-state index contributed by atoms with van der Waals surface area (Å²) in [6.07, 6.45) is 4.81. The van der Waals surface area contributed by atoms with Crippen molar-refractivity contribution in [3.05, 3.63) is 29.0 Å². The van der Waals surface area contributed by atoms with Gasteiger partial charge in [-0.15, -0.1) is 11.6 Å². The molecule has 1 heterocycles. The Morgan fingerprint density at radius 1 is 1.33 bits per heavy atom. The highest BCUT2D eigenvalue weighted by molar-refractivity contribution is 6.35. The van der Waals surface area contributed by atoms with Crippen molar-refractivity contribution in [2.45, 2.75) is 32.2 Å². The molecule has 2 nitrogen and oxygen atoms in total. The van der Waals surface area contributed by atoms with Crippen molar-refractivity contribution < 1.29 is 0 Å². The number of nitrogens with zero attached hydrogens (tertiary/aromatic N) is 2. The van der Waals surface area contributed by atoms with Crippen LogP contribution in [0.15, 0.2) is 18.2 Å². The molecule has 1 aromatic carbocycles. The predicted molar refractivity (Wildman–Crippen MR) is 76.5 cm³/mol. The third-order valence-electron chi connectivity index (χ3n) is 3.78. The van der Waals surface area contributed by atoms with Gasteiger partial charge in [0, 0.05) is 18.8 Å². The van der Waals surface area contributed by atoms with Gasteiger partial charge in [0.05, 0.1) is 16.1 Å². The van der Waals surface area contributed by atoms with Crippen LogP contribution in [0.1, 0.15) is 25.1 Å². The first-order valence-electron chi connectivity index (χ1n) is 6.49. The third-order valence-corrected chi connectivity index (χ3v) is 4.27. The van der Waals surface area contributed by atoms with E-state index in [1.165, 1.54) is 19.3 Å². The fourth-order valence-corrected chi connectivity index (χ4v) is 3.04. The minimum atomic E-state index is 0.603. The number of benzene rings is 1. The number of alkyl halides is 1. The van der Waals surface area contributed by atoms with Gasteiger partial charge in [0.2, 0.25) is 0 Å². The van der Waals surface area contributed by atoms with Gasteiger partial charge in [0.25, 0.3) is 0 Å². The van der Waals surface area contributed by atoms with Gasteiger partial charge >= 0.3 is 0 Å². The molecule has 2 aromatic rings. The number of aromatic nitrogens is 2. The van der Waals surface area contributed by atoms with Crippen LogP contribution in [0.2, 0.25) is 5.02 Å². The lowest BCUT2D eigenvalue weighted by molar-refractivity contribution is 0.277. The second kappa shape index (κ2) is 5.10. The third kappa shape index (κ3) is 2.12. The molecular weight excluding hydrogens is 267 g/mol. The van der Waals surface area contributed by atoms with Crippen LogP contribution in [0.3, 0.4) is 0 Å². The summed E-state index contributed by atoms with van der Waals surface area (Å²) in [4.78, 5) is 4.67. The average Bonchev–Trinajstić information content (AvgIpc) is 2.63. The zero-order chi connectivity index (χ0) is 12.5. The number of hydrogen-bond acceptors (Lipinski definition) is 1. The molecule has 0 amide bonds. The van der Waals surface area contributed by atoms with E-state index in [-0.39, 0.29) is 0 Å². The zero-order valence-corrected chi connectivity index (χ0v) is 11.7. The van der Waals surface area contributed by atoms with Gasteiger partial charge in [-0.25, -0.2) is 4.98 Å². The molecule has 0 radical (unpaired) electrons. The molecule has 0 N–H and O–H groups in total. The van der Waals surface area contributed by atoms with Gasteiger partial charge < -0.3 is 4.57 Å². The molecule has 0 aliphatic heterocycles. The van der Waals surface area contributed by atoms with E-state index in [1.54, 1.807) is 0 Å². The number of imidazole rings is 1. The van der Waals surface area contributed by atoms with E-state index in [9.17, 15) is 0 Å². The smallest absolute Gasteiger partial charge is 0.111 e. The van der Waals surface area contributed by atoms with Crippen molar-refractivity contribution in [1.29, 1.82) is 0 Å². The van der Waals surface area contributed by atoms with Crippen molar-refractivity contribution >= 4 is 34.2 Å². The van der Waals surface area contributed by atoms with Gasteiger partial charge in [-0.2, -0.15) is 0 Å². The van der Waals surface area contributed by atoms with Gasteiger partial charge in [0.1, 0.15) is 5.82 Å². The molecule has 1 fully saturated rings. The number of rotatable bonds is 4. The fourth-order valence-electron chi connectivity index (χ4n) is 2.60. The van der Waals surface area contributed by atoms with Crippen molar-refractivity contribution in [2.75, 3.05) is 5.88 Å². The first-order chi connectivity index (χ1) is 8.79. The van der Waals surface area contributed by atoms with Crippen LogP contribution in [0.25, 0.3) is 11.0 Å². The lowest BCUT2D eigenvalue weighted by Crippen LogP contribution is -2.19. The van der Waals surface area contributed by atoms with Crippen molar-refractivity contribution in [2.24, 2.45) is 5.92 Å². The summed E-state index contributed by atoms with van der Waals surface area (Å²) in [5.74, 6) is 2.46. The maximum absolute atomic E-state index is 6.33. The largest absolute Gasteiger partial charge is 0.326 e. The second-order valence-corrected chi connectivity index (χ2v) is 5.77. The normalized spacial score (nSPS) is 16.1. The lowest BCUT2D eigenvalue weighted by Gasteiger charge is -2.26. The number of para-hydroxylation sites is 1. The average molecular weight is 283 g/mol. The van der Waals surface area contributed by atoms with Gasteiger partial charge in [-0.05, 0) is 30.9 Å². The first kappa shape index (κ1) is 12.3. The van der Waals surface area contributed by atoms with Gasteiger partial charge in [-0.3, -0.25) is 0 Å². The van der Waals surface area contributed by atoms with Crippen LogP contribution < -0.4 is 0 Å². The minimum Gasteiger partial charge on any atom is -0.326 e. The number of aryl methyl sites for hydroxylation is 1.